The molecule has 0 unspecified atom stereocenters. The van der Waals surface area contributed by atoms with Crippen molar-refractivity contribution in [2.24, 2.45) is 11.4 Å². The summed E-state index contributed by atoms with van der Waals surface area (Å²) in [5.74, 6) is 0.347. The fraction of sp³-hybridized carbons (Fsp3) is 0.323. The monoisotopic (exact) mass is 561 g/mol. The smallest absolute Gasteiger partial charge is 0.310 e. The number of nitrogens with zero attached hydrogens (tertiary/aromatic N) is 3. The molecule has 0 aliphatic carbocycles. The van der Waals surface area contributed by atoms with Crippen LogP contribution in [0.4, 0.5) is 0 Å². The van der Waals surface area contributed by atoms with Crippen molar-refractivity contribution in [1.82, 2.24) is 9.55 Å². The third kappa shape index (κ3) is 6.59. The minimum atomic E-state index is -3.68. The Hall–Kier alpha value is -3.98. The van der Waals surface area contributed by atoms with Crippen LogP contribution in [0, 0.1) is 6.92 Å². The number of fused-ring (bicyclic) bond motifs is 1. The number of aromatic nitrogens is 2. The molecular weight excluding hydrogens is 526 g/mol. The molecule has 0 atom stereocenters. The first-order chi connectivity index (χ1) is 18.9. The predicted molar refractivity (Wildman–Crippen MR) is 158 cm³/mol. The summed E-state index contributed by atoms with van der Waals surface area (Å²) in [5.41, 5.74) is 6.04. The molecule has 0 aliphatic heterocycles. The fourth-order valence-electron chi connectivity index (χ4n) is 4.19. The van der Waals surface area contributed by atoms with Gasteiger partial charge < -0.3 is 14.0 Å². The summed E-state index contributed by atoms with van der Waals surface area (Å²) >= 11 is 0. The second-order valence-corrected chi connectivity index (χ2v) is 13.1. The van der Waals surface area contributed by atoms with Crippen LogP contribution in [-0.4, -0.2) is 41.5 Å². The van der Waals surface area contributed by atoms with Crippen molar-refractivity contribution in [2.45, 2.75) is 52.4 Å². The topological polar surface area (TPSA) is 99.8 Å². The van der Waals surface area contributed by atoms with Crippen molar-refractivity contribution in [3.8, 4) is 16.9 Å². The lowest BCUT2D eigenvalue weighted by Gasteiger charge is -2.15. The van der Waals surface area contributed by atoms with E-state index in [1.54, 1.807) is 33.9 Å². The van der Waals surface area contributed by atoms with Crippen LogP contribution in [0.2, 0.25) is 0 Å². The molecule has 2 aromatic carbocycles. The van der Waals surface area contributed by atoms with Gasteiger partial charge in [0.15, 0.2) is 0 Å². The summed E-state index contributed by atoms with van der Waals surface area (Å²) in [4.78, 5) is 16.4. The van der Waals surface area contributed by atoms with Crippen LogP contribution in [0.5, 0.6) is 5.75 Å². The molecule has 0 saturated heterocycles. The molecule has 0 aliphatic rings. The fourth-order valence-corrected chi connectivity index (χ4v) is 4.75. The van der Waals surface area contributed by atoms with Crippen LogP contribution in [0.25, 0.3) is 22.0 Å². The molecular formula is C31H35N3O5S. The zero-order valence-electron chi connectivity index (χ0n) is 23.8. The maximum absolute atomic E-state index is 12.5. The van der Waals surface area contributed by atoms with E-state index in [1.807, 2.05) is 61.1 Å². The molecule has 210 valence electrons. The number of pyridine rings is 1. The van der Waals surface area contributed by atoms with Crippen LogP contribution >= 0.6 is 0 Å². The first-order valence-corrected chi connectivity index (χ1v) is 14.5. The lowest BCUT2D eigenvalue weighted by atomic mass is 9.99. The summed E-state index contributed by atoms with van der Waals surface area (Å²) < 4.78 is 41.2. The van der Waals surface area contributed by atoms with Crippen molar-refractivity contribution >= 4 is 33.1 Å². The van der Waals surface area contributed by atoms with Gasteiger partial charge in [0.2, 0.25) is 0 Å². The SMILES string of the molecule is CCOC(=O)Cc1ccc(C)cc1OCc1cc(-c2ccnc(C=NS(=O)(=O)C(C)(C)C)c2)c2ccn(C)c2c1. The van der Waals surface area contributed by atoms with E-state index in [0.717, 1.165) is 38.7 Å². The lowest BCUT2D eigenvalue weighted by molar-refractivity contribution is -0.142. The highest BCUT2D eigenvalue weighted by Crippen LogP contribution is 2.32. The van der Waals surface area contributed by atoms with E-state index in [2.05, 4.69) is 21.5 Å². The van der Waals surface area contributed by atoms with E-state index < -0.39 is 14.8 Å². The second-order valence-electron chi connectivity index (χ2n) is 10.7. The van der Waals surface area contributed by atoms with Gasteiger partial charge in [-0.15, -0.1) is 0 Å². The lowest BCUT2D eigenvalue weighted by Crippen LogP contribution is -2.25. The van der Waals surface area contributed by atoms with Gasteiger partial charge >= 0.3 is 5.97 Å². The molecule has 0 radical (unpaired) electrons. The molecule has 9 heteroatoms. The van der Waals surface area contributed by atoms with Crippen molar-refractivity contribution in [3.63, 3.8) is 0 Å². The van der Waals surface area contributed by atoms with E-state index >= 15 is 0 Å². The van der Waals surface area contributed by atoms with Gasteiger partial charge in [-0.1, -0.05) is 12.1 Å². The van der Waals surface area contributed by atoms with E-state index in [0.29, 0.717) is 18.1 Å². The minimum Gasteiger partial charge on any atom is -0.489 e. The molecule has 40 heavy (non-hydrogen) atoms. The Labute approximate surface area is 235 Å². The molecule has 8 nitrogen and oxygen atoms in total. The number of ether oxygens (including phenoxy) is 2. The highest BCUT2D eigenvalue weighted by Gasteiger charge is 2.27. The van der Waals surface area contributed by atoms with Gasteiger partial charge in [0.25, 0.3) is 10.0 Å². The van der Waals surface area contributed by atoms with Crippen LogP contribution in [0.3, 0.4) is 0 Å². The Balaban J connectivity index is 1.68. The van der Waals surface area contributed by atoms with E-state index in [1.165, 1.54) is 6.21 Å². The molecule has 2 heterocycles. The zero-order chi connectivity index (χ0) is 29.1. The van der Waals surface area contributed by atoms with E-state index in [-0.39, 0.29) is 19.0 Å². The van der Waals surface area contributed by atoms with E-state index in [4.69, 9.17) is 9.47 Å². The quantitative estimate of drug-likeness (QED) is 0.190. The Morgan fingerprint density at radius 3 is 2.60 bits per heavy atom. The maximum Gasteiger partial charge on any atom is 0.310 e. The number of hydrogen-bond acceptors (Lipinski definition) is 6. The van der Waals surface area contributed by atoms with Gasteiger partial charge in [-0.05, 0) is 93.3 Å². The molecule has 0 N–H and O–H groups in total. The van der Waals surface area contributed by atoms with Gasteiger partial charge in [-0.2, -0.15) is 4.40 Å². The van der Waals surface area contributed by atoms with Crippen LogP contribution in [0.1, 0.15) is 50.1 Å². The highest BCUT2D eigenvalue weighted by atomic mass is 32.2. The van der Waals surface area contributed by atoms with Gasteiger partial charge in [0, 0.05) is 35.9 Å². The standard InChI is InChI=1S/C31H35N3O5S/c1-7-38-30(35)18-24-9-8-21(2)14-29(24)39-20-22-15-27(26-11-13-34(6)28(26)16-22)23-10-12-32-25(17-23)19-33-40(36,37)31(3,4)5/h8-17,19H,7,18,20H2,1-6H3. The summed E-state index contributed by atoms with van der Waals surface area (Å²) in [7, 11) is -1.70. The van der Waals surface area contributed by atoms with Gasteiger partial charge in [0.1, 0.15) is 12.4 Å². The second kappa shape index (κ2) is 11.6. The summed E-state index contributed by atoms with van der Waals surface area (Å²) in [6.45, 7) is 9.21. The van der Waals surface area contributed by atoms with Gasteiger partial charge in [-0.25, -0.2) is 8.42 Å². The number of aryl methyl sites for hydroxylation is 2. The normalized spacial score (nSPS) is 12.2. The molecule has 4 rings (SSSR count). The first-order valence-electron chi connectivity index (χ1n) is 13.1. The van der Waals surface area contributed by atoms with Crippen LogP contribution in [-0.2, 0) is 39.6 Å². The average molecular weight is 562 g/mol. The third-order valence-electron chi connectivity index (χ3n) is 6.51. The number of sulfonamides is 1. The molecule has 0 spiro atoms. The highest BCUT2D eigenvalue weighted by molar-refractivity contribution is 7.91. The molecule has 0 bridgehead atoms. The number of esters is 1. The van der Waals surface area contributed by atoms with Crippen LogP contribution < -0.4 is 4.74 Å². The Morgan fingerprint density at radius 2 is 1.88 bits per heavy atom. The number of carbonyl (C=O) groups is 1. The first kappa shape index (κ1) is 29.0. The molecule has 0 saturated carbocycles. The average Bonchev–Trinajstić information content (AvgIpc) is 3.27. The molecule has 4 aromatic rings. The Morgan fingerprint density at radius 1 is 1.10 bits per heavy atom. The van der Waals surface area contributed by atoms with Crippen molar-refractivity contribution in [2.75, 3.05) is 6.61 Å². The number of rotatable bonds is 9. The zero-order valence-corrected chi connectivity index (χ0v) is 24.6. The number of benzene rings is 2. The van der Waals surface area contributed by atoms with Crippen LogP contribution in [0.15, 0.2) is 65.3 Å². The number of hydrogen-bond donors (Lipinski definition) is 0. The van der Waals surface area contributed by atoms with Gasteiger partial charge in [0.05, 0.1) is 29.7 Å². The largest absolute Gasteiger partial charge is 0.489 e. The van der Waals surface area contributed by atoms with Crippen molar-refractivity contribution < 1.29 is 22.7 Å². The predicted octanol–water partition coefficient (Wildman–Crippen LogP) is 5.78. The molecule has 2 aromatic heterocycles. The Bertz CT molecular complexity index is 1680. The van der Waals surface area contributed by atoms with Crippen molar-refractivity contribution in [3.05, 3.63) is 83.3 Å². The summed E-state index contributed by atoms with van der Waals surface area (Å²) in [5, 5.41) is 1.04. The number of carbonyl (C=O) groups excluding carboxylic acids is 1. The third-order valence-corrected chi connectivity index (χ3v) is 8.44. The summed E-state index contributed by atoms with van der Waals surface area (Å²) in [6, 6.07) is 15.7. The Kier molecular flexibility index (Phi) is 8.44. The minimum absolute atomic E-state index is 0.137. The molecule has 0 amide bonds. The summed E-state index contributed by atoms with van der Waals surface area (Å²) in [6.07, 6.45) is 5.07. The van der Waals surface area contributed by atoms with E-state index in [9.17, 15) is 13.2 Å². The van der Waals surface area contributed by atoms with Crippen molar-refractivity contribution in [1.29, 1.82) is 0 Å². The van der Waals surface area contributed by atoms with Gasteiger partial charge in [-0.3, -0.25) is 9.78 Å². The molecule has 0 fully saturated rings. The maximum atomic E-state index is 12.5.